The summed E-state index contributed by atoms with van der Waals surface area (Å²) in [5.74, 6) is 4.09. The summed E-state index contributed by atoms with van der Waals surface area (Å²) in [4.78, 5) is 25.4. The van der Waals surface area contributed by atoms with E-state index < -0.39 is 0 Å². The van der Waals surface area contributed by atoms with Crippen LogP contribution in [0.15, 0.2) is 30.3 Å². The third-order valence-corrected chi connectivity index (χ3v) is 6.97. The minimum Gasteiger partial charge on any atom is -0.493 e. The first-order valence-electron chi connectivity index (χ1n) is 12.9. The molecule has 37 heavy (non-hydrogen) atoms. The zero-order valence-corrected chi connectivity index (χ0v) is 21.6. The highest BCUT2D eigenvalue weighted by atomic mass is 16.6. The summed E-state index contributed by atoms with van der Waals surface area (Å²) in [6, 6.07) is 8.78. The van der Waals surface area contributed by atoms with Gasteiger partial charge in [0.15, 0.2) is 11.5 Å². The van der Waals surface area contributed by atoms with Gasteiger partial charge in [-0.2, -0.15) is 0 Å². The topological polar surface area (TPSA) is 103 Å². The Balaban J connectivity index is 1.42. The van der Waals surface area contributed by atoms with Crippen molar-refractivity contribution in [2.75, 3.05) is 56.8 Å². The molecule has 0 atom stereocenters. The number of fused-ring (bicyclic) bond motifs is 1. The van der Waals surface area contributed by atoms with Crippen LogP contribution in [0.2, 0.25) is 0 Å². The Bertz CT molecular complexity index is 1290. The number of hydrogen-bond acceptors (Lipinski definition) is 9. The number of anilines is 2. The lowest BCUT2D eigenvalue weighted by Crippen LogP contribution is -2.47. The van der Waals surface area contributed by atoms with Gasteiger partial charge in [0.2, 0.25) is 0 Å². The summed E-state index contributed by atoms with van der Waals surface area (Å²) in [5, 5.41) is 12.3. The number of aromatic nitrogens is 2. The number of methoxy groups -OCH3 is 2. The van der Waals surface area contributed by atoms with Gasteiger partial charge in [-0.1, -0.05) is 13.3 Å². The van der Waals surface area contributed by atoms with Gasteiger partial charge in [0.1, 0.15) is 17.4 Å². The van der Waals surface area contributed by atoms with E-state index in [2.05, 4.69) is 16.7 Å². The smallest absolute Gasteiger partial charge is 0.273 e. The number of nitrogens with zero attached hydrogens (tertiary/aromatic N) is 5. The summed E-state index contributed by atoms with van der Waals surface area (Å²) in [5.41, 5.74) is 1.78. The summed E-state index contributed by atoms with van der Waals surface area (Å²) in [7, 11) is 3.26. The van der Waals surface area contributed by atoms with E-state index in [9.17, 15) is 10.1 Å². The summed E-state index contributed by atoms with van der Waals surface area (Å²) in [6.07, 6.45) is 4.13. The number of hydrogen-bond donors (Lipinski definition) is 0. The molecule has 0 amide bonds. The van der Waals surface area contributed by atoms with Crippen LogP contribution < -0.4 is 24.0 Å². The molecule has 0 radical (unpaired) electrons. The molecule has 1 aliphatic heterocycles. The maximum atomic E-state index is 11.3. The van der Waals surface area contributed by atoms with Gasteiger partial charge in [-0.05, 0) is 31.4 Å². The maximum Gasteiger partial charge on any atom is 0.273 e. The predicted octanol–water partition coefficient (Wildman–Crippen LogP) is 4.94. The lowest BCUT2D eigenvalue weighted by molar-refractivity contribution is -0.384. The standard InChI is InChI=1S/C27H33N5O5/c1-4-5-14-37-23-15-19(32(33)34)8-9-22(23)30-10-12-31(13-11-30)27-20-16-24(35-2)25(36-3)17-21(20)28-26(29-27)18-6-7-18/h8-9,15-18H,4-7,10-14H2,1-3H3. The van der Waals surface area contributed by atoms with Crippen LogP contribution >= 0.6 is 0 Å². The summed E-state index contributed by atoms with van der Waals surface area (Å²) >= 11 is 0. The Kier molecular flexibility index (Phi) is 7.16. The molecule has 2 aliphatic rings. The van der Waals surface area contributed by atoms with Gasteiger partial charge in [0.25, 0.3) is 5.69 Å². The molecule has 0 unspecified atom stereocenters. The average molecular weight is 508 g/mol. The molecule has 1 saturated heterocycles. The molecule has 1 saturated carbocycles. The van der Waals surface area contributed by atoms with Gasteiger partial charge in [-0.3, -0.25) is 10.1 Å². The highest BCUT2D eigenvalue weighted by molar-refractivity contribution is 5.92. The molecule has 5 rings (SSSR count). The van der Waals surface area contributed by atoms with Crippen molar-refractivity contribution < 1.29 is 19.1 Å². The zero-order chi connectivity index (χ0) is 25.9. The Morgan fingerprint density at radius 3 is 2.32 bits per heavy atom. The van der Waals surface area contributed by atoms with E-state index in [1.165, 1.54) is 6.07 Å². The minimum atomic E-state index is -0.380. The number of benzene rings is 2. The largest absolute Gasteiger partial charge is 0.493 e. The summed E-state index contributed by atoms with van der Waals surface area (Å²) in [6.45, 7) is 5.59. The van der Waals surface area contributed by atoms with E-state index in [1.54, 1.807) is 26.4 Å². The first-order valence-corrected chi connectivity index (χ1v) is 12.9. The lowest BCUT2D eigenvalue weighted by atomic mass is 10.1. The average Bonchev–Trinajstić information content (AvgIpc) is 3.77. The fraction of sp³-hybridized carbons (Fsp3) is 0.481. The predicted molar refractivity (Wildman–Crippen MR) is 143 cm³/mol. The molecule has 2 heterocycles. The molecule has 10 heteroatoms. The molecule has 196 valence electrons. The van der Waals surface area contributed by atoms with Crippen molar-refractivity contribution in [2.45, 2.75) is 38.5 Å². The molecule has 1 aliphatic carbocycles. The van der Waals surface area contributed by atoms with E-state index in [0.717, 1.165) is 80.1 Å². The Labute approximate surface area is 216 Å². The van der Waals surface area contributed by atoms with Gasteiger partial charge in [-0.25, -0.2) is 9.97 Å². The lowest BCUT2D eigenvalue weighted by Gasteiger charge is -2.37. The van der Waals surface area contributed by atoms with Crippen LogP contribution in [0.5, 0.6) is 17.2 Å². The monoisotopic (exact) mass is 507 g/mol. The summed E-state index contributed by atoms with van der Waals surface area (Å²) < 4.78 is 17.1. The van der Waals surface area contributed by atoms with Gasteiger partial charge in [-0.15, -0.1) is 0 Å². The zero-order valence-electron chi connectivity index (χ0n) is 21.6. The first-order chi connectivity index (χ1) is 18.0. The first kappa shape index (κ1) is 24.9. The molecule has 3 aromatic rings. The highest BCUT2D eigenvalue weighted by Gasteiger charge is 2.30. The van der Waals surface area contributed by atoms with Crippen molar-refractivity contribution in [3.63, 3.8) is 0 Å². The number of ether oxygens (including phenoxy) is 3. The Morgan fingerprint density at radius 2 is 1.68 bits per heavy atom. The van der Waals surface area contributed by atoms with E-state index in [0.29, 0.717) is 29.8 Å². The van der Waals surface area contributed by atoms with Crippen molar-refractivity contribution >= 4 is 28.1 Å². The number of piperazine rings is 1. The molecule has 10 nitrogen and oxygen atoms in total. The fourth-order valence-electron chi connectivity index (χ4n) is 4.70. The van der Waals surface area contributed by atoms with Gasteiger partial charge in [0.05, 0.1) is 43.0 Å². The molecule has 0 N–H and O–H groups in total. The Hall–Kier alpha value is -3.82. The van der Waals surface area contributed by atoms with Crippen molar-refractivity contribution in [1.82, 2.24) is 9.97 Å². The molecule has 2 aromatic carbocycles. The van der Waals surface area contributed by atoms with Crippen LogP contribution in [0.25, 0.3) is 10.9 Å². The van der Waals surface area contributed by atoms with Crippen molar-refractivity contribution in [3.05, 3.63) is 46.3 Å². The van der Waals surface area contributed by atoms with Crippen LogP contribution in [0.3, 0.4) is 0 Å². The molecule has 0 bridgehead atoms. The van der Waals surface area contributed by atoms with Crippen LogP contribution in [-0.2, 0) is 0 Å². The number of nitro benzene ring substituents is 1. The maximum absolute atomic E-state index is 11.3. The van der Waals surface area contributed by atoms with Crippen molar-refractivity contribution in [1.29, 1.82) is 0 Å². The van der Waals surface area contributed by atoms with Crippen molar-refractivity contribution in [3.8, 4) is 17.2 Å². The van der Waals surface area contributed by atoms with Crippen molar-refractivity contribution in [2.24, 2.45) is 0 Å². The fourth-order valence-corrected chi connectivity index (χ4v) is 4.70. The van der Waals surface area contributed by atoms with E-state index >= 15 is 0 Å². The third-order valence-electron chi connectivity index (χ3n) is 6.97. The van der Waals surface area contributed by atoms with Gasteiger partial charge in [0, 0.05) is 49.6 Å². The van der Waals surface area contributed by atoms with Crippen LogP contribution in [0.1, 0.15) is 44.3 Å². The number of unbranched alkanes of at least 4 members (excludes halogenated alkanes) is 1. The van der Waals surface area contributed by atoms with E-state index in [-0.39, 0.29) is 10.6 Å². The second-order valence-corrected chi connectivity index (χ2v) is 9.49. The quantitative estimate of drug-likeness (QED) is 0.214. The SMILES string of the molecule is CCCCOc1cc([N+](=O)[O-])ccc1N1CCN(c2nc(C3CC3)nc3cc(OC)c(OC)cc23)CC1. The molecule has 2 fully saturated rings. The molecular weight excluding hydrogens is 474 g/mol. The minimum absolute atomic E-state index is 0.0401. The van der Waals surface area contributed by atoms with E-state index in [4.69, 9.17) is 24.2 Å². The molecule has 0 spiro atoms. The van der Waals surface area contributed by atoms with Crippen LogP contribution in [-0.4, -0.2) is 61.9 Å². The number of rotatable bonds is 10. The Morgan fingerprint density at radius 1 is 0.973 bits per heavy atom. The van der Waals surface area contributed by atoms with E-state index in [1.807, 2.05) is 12.1 Å². The number of nitro groups is 1. The van der Waals surface area contributed by atoms with Gasteiger partial charge < -0.3 is 24.0 Å². The molecule has 1 aromatic heterocycles. The van der Waals surface area contributed by atoms with Crippen LogP contribution in [0.4, 0.5) is 17.2 Å². The second kappa shape index (κ2) is 10.7. The number of non-ortho nitro benzene ring substituents is 1. The normalized spacial score (nSPS) is 15.6. The third kappa shape index (κ3) is 5.19. The highest BCUT2D eigenvalue weighted by Crippen LogP contribution is 2.42. The van der Waals surface area contributed by atoms with Gasteiger partial charge >= 0.3 is 0 Å². The second-order valence-electron chi connectivity index (χ2n) is 9.49. The van der Waals surface area contributed by atoms with Crippen LogP contribution in [0, 0.1) is 10.1 Å². The molecular formula is C27H33N5O5.